The molecule has 0 saturated heterocycles. The number of rotatable bonds is 3. The van der Waals surface area contributed by atoms with E-state index in [-0.39, 0.29) is 17.1 Å². The lowest BCUT2D eigenvalue weighted by Crippen LogP contribution is -2.20. The molecule has 1 aromatic carbocycles. The summed E-state index contributed by atoms with van der Waals surface area (Å²) in [6.07, 6.45) is -4.69. The van der Waals surface area contributed by atoms with Crippen LogP contribution in [0.1, 0.15) is 12.0 Å². The van der Waals surface area contributed by atoms with Crippen LogP contribution in [0.25, 0.3) is 0 Å². The first-order valence-electron chi connectivity index (χ1n) is 4.65. The van der Waals surface area contributed by atoms with Crippen molar-refractivity contribution in [2.24, 2.45) is 5.73 Å². The zero-order valence-corrected chi connectivity index (χ0v) is 11.2. The zero-order valence-electron chi connectivity index (χ0n) is 8.84. The van der Waals surface area contributed by atoms with E-state index in [1.165, 1.54) is 6.07 Å². The predicted molar refractivity (Wildman–Crippen MR) is 69.2 cm³/mol. The summed E-state index contributed by atoms with van der Waals surface area (Å²) in [5, 5.41) is 2.30. The Morgan fingerprint density at radius 1 is 1.44 bits per heavy atom. The van der Waals surface area contributed by atoms with E-state index in [0.717, 1.165) is 12.1 Å². The van der Waals surface area contributed by atoms with E-state index in [0.29, 0.717) is 4.47 Å². The van der Waals surface area contributed by atoms with Crippen molar-refractivity contribution < 1.29 is 18.0 Å². The monoisotopic (exact) mass is 340 g/mol. The molecule has 0 unspecified atom stereocenters. The number of thiocarbonyl (C=S) groups is 1. The molecule has 3 nitrogen and oxygen atoms in total. The summed E-state index contributed by atoms with van der Waals surface area (Å²) in [5.41, 5.74) is 4.33. The minimum absolute atomic E-state index is 0.0195. The van der Waals surface area contributed by atoms with Crippen LogP contribution < -0.4 is 11.1 Å². The smallest absolute Gasteiger partial charge is 0.393 e. The second-order valence-electron chi connectivity index (χ2n) is 3.38. The largest absolute Gasteiger partial charge is 0.416 e. The van der Waals surface area contributed by atoms with Gasteiger partial charge in [-0.15, -0.1) is 0 Å². The third-order valence-electron chi connectivity index (χ3n) is 1.90. The number of benzene rings is 1. The number of nitrogens with two attached hydrogens (primary N) is 1. The Bertz CT molecular complexity index is 491. The molecule has 0 aliphatic carbocycles. The number of amides is 1. The van der Waals surface area contributed by atoms with E-state index in [4.69, 9.17) is 5.73 Å². The summed E-state index contributed by atoms with van der Waals surface area (Å²) >= 11 is 7.58. The number of alkyl halides is 3. The van der Waals surface area contributed by atoms with Crippen molar-refractivity contribution in [3.05, 3.63) is 28.2 Å². The predicted octanol–water partition coefficient (Wildman–Crippen LogP) is 3.08. The molecule has 3 N–H and O–H groups in total. The first-order chi connectivity index (χ1) is 8.20. The van der Waals surface area contributed by atoms with Crippen LogP contribution in [0.3, 0.4) is 0 Å². The topological polar surface area (TPSA) is 55.1 Å². The van der Waals surface area contributed by atoms with Gasteiger partial charge in [0, 0.05) is 4.47 Å². The number of nitrogens with one attached hydrogen (secondary N) is 1. The minimum Gasteiger partial charge on any atom is -0.393 e. The minimum atomic E-state index is -4.47. The van der Waals surface area contributed by atoms with Gasteiger partial charge in [-0.25, -0.2) is 0 Å². The third kappa shape index (κ3) is 4.26. The van der Waals surface area contributed by atoms with Crippen LogP contribution in [-0.2, 0) is 11.0 Å². The first-order valence-corrected chi connectivity index (χ1v) is 5.85. The van der Waals surface area contributed by atoms with Crippen LogP contribution in [0, 0.1) is 0 Å². The lowest BCUT2D eigenvalue weighted by atomic mass is 10.2. The molecule has 0 saturated carbocycles. The Labute approximate surface area is 115 Å². The van der Waals surface area contributed by atoms with Crippen LogP contribution in [0.2, 0.25) is 0 Å². The average molecular weight is 341 g/mol. The van der Waals surface area contributed by atoms with Gasteiger partial charge in [-0.2, -0.15) is 13.2 Å². The maximum absolute atomic E-state index is 12.5. The van der Waals surface area contributed by atoms with Gasteiger partial charge in [0.15, 0.2) is 0 Å². The standard InChI is InChI=1S/C10H8BrF3N2OS/c11-6-2-1-5(10(12,13)14)3-7(6)16-9(17)4-8(15)18/h1-3H,4H2,(H2,15,18)(H,16,17). The zero-order chi connectivity index (χ0) is 13.9. The van der Waals surface area contributed by atoms with E-state index in [1.807, 2.05) is 0 Å². The molecule has 18 heavy (non-hydrogen) atoms. The maximum Gasteiger partial charge on any atom is 0.416 e. The van der Waals surface area contributed by atoms with Gasteiger partial charge in [-0.1, -0.05) is 12.2 Å². The Kier molecular flexibility index (Phi) is 4.69. The molecule has 0 bridgehead atoms. The number of hydrogen-bond donors (Lipinski definition) is 2. The van der Waals surface area contributed by atoms with Crippen LogP contribution in [0.15, 0.2) is 22.7 Å². The van der Waals surface area contributed by atoms with E-state index >= 15 is 0 Å². The molecule has 8 heteroatoms. The molecule has 0 atom stereocenters. The van der Waals surface area contributed by atoms with Gasteiger partial charge in [0.05, 0.1) is 22.7 Å². The van der Waals surface area contributed by atoms with Crippen LogP contribution >= 0.6 is 28.1 Å². The fourth-order valence-corrected chi connectivity index (χ4v) is 1.63. The Morgan fingerprint density at radius 3 is 2.56 bits per heavy atom. The summed E-state index contributed by atoms with van der Waals surface area (Å²) in [6, 6.07) is 2.95. The fourth-order valence-electron chi connectivity index (χ4n) is 1.15. The molecule has 1 aromatic rings. The van der Waals surface area contributed by atoms with Crippen molar-refractivity contribution in [2.75, 3.05) is 5.32 Å². The number of halogens is 4. The lowest BCUT2D eigenvalue weighted by molar-refractivity contribution is -0.137. The molecule has 1 rings (SSSR count). The third-order valence-corrected chi connectivity index (χ3v) is 2.74. The van der Waals surface area contributed by atoms with Gasteiger partial charge in [0.1, 0.15) is 0 Å². The summed E-state index contributed by atoms with van der Waals surface area (Å²) in [7, 11) is 0. The molecule has 1 amide bonds. The van der Waals surface area contributed by atoms with Crippen LogP contribution in [0.4, 0.5) is 18.9 Å². The SMILES string of the molecule is NC(=S)CC(=O)Nc1cc(C(F)(F)F)ccc1Br. The highest BCUT2D eigenvalue weighted by Crippen LogP contribution is 2.33. The van der Waals surface area contributed by atoms with Gasteiger partial charge in [0.25, 0.3) is 0 Å². The van der Waals surface area contributed by atoms with Crippen molar-refractivity contribution in [2.45, 2.75) is 12.6 Å². The average Bonchev–Trinajstić information content (AvgIpc) is 2.18. The summed E-state index contributed by atoms with van der Waals surface area (Å²) in [6.45, 7) is 0. The second-order valence-corrected chi connectivity index (χ2v) is 4.76. The molecule has 0 aliphatic rings. The van der Waals surface area contributed by atoms with Gasteiger partial charge in [0.2, 0.25) is 5.91 Å². The summed E-state index contributed by atoms with van der Waals surface area (Å²) < 4.78 is 37.8. The van der Waals surface area contributed by atoms with Crippen molar-refractivity contribution in [3.63, 3.8) is 0 Å². The normalized spacial score (nSPS) is 11.1. The quantitative estimate of drug-likeness (QED) is 0.831. The number of hydrogen-bond acceptors (Lipinski definition) is 2. The van der Waals surface area contributed by atoms with Crippen molar-refractivity contribution in [1.82, 2.24) is 0 Å². The van der Waals surface area contributed by atoms with Crippen molar-refractivity contribution in [1.29, 1.82) is 0 Å². The second kappa shape index (κ2) is 5.66. The molecule has 0 heterocycles. The Hall–Kier alpha value is -1.15. The molecule has 0 radical (unpaired) electrons. The van der Waals surface area contributed by atoms with Gasteiger partial charge in [-0.05, 0) is 34.1 Å². The lowest BCUT2D eigenvalue weighted by Gasteiger charge is -2.11. The molecule has 0 aliphatic heterocycles. The van der Waals surface area contributed by atoms with E-state index in [1.54, 1.807) is 0 Å². The highest BCUT2D eigenvalue weighted by Gasteiger charge is 2.31. The van der Waals surface area contributed by atoms with Crippen molar-refractivity contribution in [3.8, 4) is 0 Å². The van der Waals surface area contributed by atoms with E-state index in [9.17, 15) is 18.0 Å². The Morgan fingerprint density at radius 2 is 2.06 bits per heavy atom. The van der Waals surface area contributed by atoms with E-state index in [2.05, 4.69) is 33.5 Å². The first kappa shape index (κ1) is 14.9. The number of anilines is 1. The van der Waals surface area contributed by atoms with Gasteiger partial charge in [-0.3, -0.25) is 4.79 Å². The van der Waals surface area contributed by atoms with Gasteiger partial charge >= 0.3 is 6.18 Å². The van der Waals surface area contributed by atoms with E-state index < -0.39 is 17.6 Å². The highest BCUT2D eigenvalue weighted by atomic mass is 79.9. The van der Waals surface area contributed by atoms with Crippen molar-refractivity contribution >= 4 is 44.7 Å². The number of carbonyl (C=O) groups excluding carboxylic acids is 1. The molecule has 98 valence electrons. The molecule has 0 spiro atoms. The van der Waals surface area contributed by atoms with Crippen LogP contribution in [0.5, 0.6) is 0 Å². The summed E-state index contributed by atoms with van der Waals surface area (Å²) in [5.74, 6) is -0.567. The van der Waals surface area contributed by atoms with Gasteiger partial charge < -0.3 is 11.1 Å². The Balaban J connectivity index is 2.95. The fraction of sp³-hybridized carbons (Fsp3) is 0.200. The summed E-state index contributed by atoms with van der Waals surface area (Å²) in [4.78, 5) is 11.3. The highest BCUT2D eigenvalue weighted by molar-refractivity contribution is 9.10. The molecule has 0 aromatic heterocycles. The molecular formula is C10H8BrF3N2OS. The molecular weight excluding hydrogens is 333 g/mol. The number of carbonyl (C=O) groups is 1. The molecule has 0 fully saturated rings. The maximum atomic E-state index is 12.5. The van der Waals surface area contributed by atoms with Crippen LogP contribution in [-0.4, -0.2) is 10.9 Å².